The van der Waals surface area contributed by atoms with Gasteiger partial charge in [0.2, 0.25) is 0 Å². The van der Waals surface area contributed by atoms with Crippen molar-refractivity contribution in [1.29, 1.82) is 0 Å². The fourth-order valence-electron chi connectivity index (χ4n) is 3.61. The van der Waals surface area contributed by atoms with E-state index in [2.05, 4.69) is 19.8 Å². The number of sulfonamides is 1. The summed E-state index contributed by atoms with van der Waals surface area (Å²) >= 11 is 0. The van der Waals surface area contributed by atoms with Crippen molar-refractivity contribution in [1.82, 2.24) is 10.2 Å². The zero-order chi connectivity index (χ0) is 21.1. The second-order valence-electron chi connectivity index (χ2n) is 7.76. The van der Waals surface area contributed by atoms with Gasteiger partial charge in [-0.3, -0.25) is 4.72 Å². The molecule has 1 aromatic heterocycles. The Balaban J connectivity index is 1.54. The fraction of sp³-hybridized carbons (Fsp3) is 0.304. The van der Waals surface area contributed by atoms with E-state index in [0.29, 0.717) is 11.4 Å². The number of anilines is 2. The second kappa shape index (κ2) is 8.44. The minimum Gasteiger partial charge on any atom is -0.355 e. The van der Waals surface area contributed by atoms with E-state index >= 15 is 0 Å². The van der Waals surface area contributed by atoms with E-state index in [-0.39, 0.29) is 4.90 Å². The summed E-state index contributed by atoms with van der Waals surface area (Å²) < 4.78 is 28.2. The summed E-state index contributed by atoms with van der Waals surface area (Å²) in [7, 11) is -3.67. The number of nitrogens with zero attached hydrogens (tertiary/aromatic N) is 3. The van der Waals surface area contributed by atoms with Crippen LogP contribution in [0.25, 0.3) is 11.3 Å². The SMILES string of the molecule is Cc1ccc(S(=O)(=O)Nc2cccc(-c3ccc(N4CCCCC4)nn3)c2)cc1C. The molecule has 0 saturated carbocycles. The van der Waals surface area contributed by atoms with Crippen LogP contribution < -0.4 is 9.62 Å². The van der Waals surface area contributed by atoms with Gasteiger partial charge in [0, 0.05) is 24.3 Å². The summed E-state index contributed by atoms with van der Waals surface area (Å²) in [6.45, 7) is 5.90. The molecule has 1 saturated heterocycles. The highest BCUT2D eigenvalue weighted by atomic mass is 32.2. The lowest BCUT2D eigenvalue weighted by molar-refractivity contribution is 0.571. The molecule has 2 heterocycles. The average molecular weight is 423 g/mol. The molecule has 1 fully saturated rings. The third-order valence-corrected chi connectivity index (χ3v) is 6.91. The number of rotatable bonds is 5. The minimum absolute atomic E-state index is 0.252. The van der Waals surface area contributed by atoms with E-state index in [1.165, 1.54) is 19.3 Å². The number of piperidine rings is 1. The Hall–Kier alpha value is -2.93. The lowest BCUT2D eigenvalue weighted by atomic mass is 10.1. The molecule has 6 nitrogen and oxygen atoms in total. The van der Waals surface area contributed by atoms with E-state index in [9.17, 15) is 8.42 Å². The van der Waals surface area contributed by atoms with Gasteiger partial charge in [0.1, 0.15) is 0 Å². The number of aromatic nitrogens is 2. The van der Waals surface area contributed by atoms with Crippen LogP contribution in [-0.4, -0.2) is 31.7 Å². The van der Waals surface area contributed by atoms with Gasteiger partial charge in [-0.2, -0.15) is 0 Å². The Labute approximate surface area is 178 Å². The van der Waals surface area contributed by atoms with E-state index in [4.69, 9.17) is 0 Å². The third kappa shape index (κ3) is 4.46. The van der Waals surface area contributed by atoms with Crippen molar-refractivity contribution in [2.45, 2.75) is 38.0 Å². The van der Waals surface area contributed by atoms with Crippen LogP contribution in [0.4, 0.5) is 11.5 Å². The smallest absolute Gasteiger partial charge is 0.261 e. The van der Waals surface area contributed by atoms with Crippen LogP contribution in [0.2, 0.25) is 0 Å². The normalized spacial score (nSPS) is 14.5. The molecule has 3 aromatic rings. The molecule has 0 unspecified atom stereocenters. The Kier molecular flexibility index (Phi) is 5.72. The molecule has 1 N–H and O–H groups in total. The first kappa shape index (κ1) is 20.3. The van der Waals surface area contributed by atoms with Crippen LogP contribution in [-0.2, 0) is 10.0 Å². The number of hydrogen-bond donors (Lipinski definition) is 1. The van der Waals surface area contributed by atoms with Crippen molar-refractivity contribution < 1.29 is 8.42 Å². The highest BCUT2D eigenvalue weighted by Crippen LogP contribution is 2.25. The van der Waals surface area contributed by atoms with Crippen molar-refractivity contribution in [2.75, 3.05) is 22.7 Å². The number of hydrogen-bond acceptors (Lipinski definition) is 5. The molecular formula is C23H26N4O2S. The molecule has 0 aliphatic carbocycles. The maximum Gasteiger partial charge on any atom is 0.261 e. The number of benzene rings is 2. The highest BCUT2D eigenvalue weighted by molar-refractivity contribution is 7.92. The van der Waals surface area contributed by atoms with E-state index in [1.54, 1.807) is 24.3 Å². The van der Waals surface area contributed by atoms with Crippen LogP contribution in [0.1, 0.15) is 30.4 Å². The van der Waals surface area contributed by atoms with Crippen LogP contribution in [0, 0.1) is 13.8 Å². The summed E-state index contributed by atoms with van der Waals surface area (Å²) in [5, 5.41) is 8.76. The van der Waals surface area contributed by atoms with Gasteiger partial charge in [0.05, 0.1) is 10.6 Å². The Morgan fingerprint density at radius 3 is 2.37 bits per heavy atom. The zero-order valence-electron chi connectivity index (χ0n) is 17.3. The monoisotopic (exact) mass is 422 g/mol. The van der Waals surface area contributed by atoms with Crippen LogP contribution in [0.15, 0.2) is 59.5 Å². The van der Waals surface area contributed by atoms with Gasteiger partial charge in [0.25, 0.3) is 10.0 Å². The van der Waals surface area contributed by atoms with Gasteiger partial charge in [0.15, 0.2) is 5.82 Å². The molecule has 1 aliphatic rings. The largest absolute Gasteiger partial charge is 0.355 e. The minimum atomic E-state index is -3.67. The molecule has 0 amide bonds. The molecule has 7 heteroatoms. The highest BCUT2D eigenvalue weighted by Gasteiger charge is 2.16. The third-order valence-electron chi connectivity index (χ3n) is 5.53. The molecule has 1 aliphatic heterocycles. The average Bonchev–Trinajstić information content (AvgIpc) is 2.76. The van der Waals surface area contributed by atoms with Crippen LogP contribution >= 0.6 is 0 Å². The van der Waals surface area contributed by atoms with Crippen LogP contribution in [0.5, 0.6) is 0 Å². The molecule has 4 rings (SSSR count). The van der Waals surface area contributed by atoms with E-state index in [1.807, 2.05) is 44.2 Å². The van der Waals surface area contributed by atoms with E-state index in [0.717, 1.165) is 35.6 Å². The van der Waals surface area contributed by atoms with Crippen molar-refractivity contribution in [3.63, 3.8) is 0 Å². The summed E-state index contributed by atoms with van der Waals surface area (Å²) in [5.74, 6) is 0.894. The lowest BCUT2D eigenvalue weighted by Gasteiger charge is -2.27. The zero-order valence-corrected chi connectivity index (χ0v) is 18.1. The Bertz CT molecular complexity index is 1140. The van der Waals surface area contributed by atoms with Gasteiger partial charge >= 0.3 is 0 Å². The topological polar surface area (TPSA) is 75.2 Å². The first-order chi connectivity index (χ1) is 14.4. The van der Waals surface area contributed by atoms with E-state index < -0.39 is 10.0 Å². The standard InChI is InChI=1S/C23H26N4O2S/c1-17-9-10-21(15-18(17)2)30(28,29)26-20-8-6-7-19(16-20)22-11-12-23(25-24-22)27-13-4-3-5-14-27/h6-12,15-16,26H,3-5,13-14H2,1-2H3. The fourth-order valence-corrected chi connectivity index (χ4v) is 4.74. The maximum absolute atomic E-state index is 12.8. The van der Waals surface area contributed by atoms with Gasteiger partial charge < -0.3 is 4.90 Å². The molecule has 0 spiro atoms. The lowest BCUT2D eigenvalue weighted by Crippen LogP contribution is -2.30. The first-order valence-electron chi connectivity index (χ1n) is 10.2. The molecule has 2 aromatic carbocycles. The maximum atomic E-state index is 12.8. The second-order valence-corrected chi connectivity index (χ2v) is 9.44. The first-order valence-corrected chi connectivity index (χ1v) is 11.7. The summed E-state index contributed by atoms with van der Waals surface area (Å²) in [6, 6.07) is 16.3. The molecular weight excluding hydrogens is 396 g/mol. The van der Waals surface area contributed by atoms with Crippen molar-refractivity contribution in [2.24, 2.45) is 0 Å². The predicted octanol–water partition coefficient (Wildman–Crippen LogP) is 4.55. The molecule has 0 radical (unpaired) electrons. The Morgan fingerprint density at radius 2 is 1.67 bits per heavy atom. The van der Waals surface area contributed by atoms with Crippen molar-refractivity contribution in [3.05, 3.63) is 65.7 Å². The Morgan fingerprint density at radius 1 is 0.867 bits per heavy atom. The quantitative estimate of drug-likeness (QED) is 0.653. The summed E-state index contributed by atoms with van der Waals surface area (Å²) in [5.41, 5.74) is 4.02. The number of aryl methyl sites for hydroxylation is 2. The van der Waals surface area contributed by atoms with Gasteiger partial charge in [-0.15, -0.1) is 10.2 Å². The molecule has 0 bridgehead atoms. The predicted molar refractivity (Wildman–Crippen MR) is 120 cm³/mol. The number of nitrogens with one attached hydrogen (secondary N) is 1. The van der Waals surface area contributed by atoms with Gasteiger partial charge in [-0.25, -0.2) is 8.42 Å². The molecule has 156 valence electrons. The van der Waals surface area contributed by atoms with Crippen molar-refractivity contribution in [3.8, 4) is 11.3 Å². The van der Waals surface area contributed by atoms with Gasteiger partial charge in [-0.05, 0) is 80.6 Å². The molecule has 0 atom stereocenters. The van der Waals surface area contributed by atoms with Crippen molar-refractivity contribution >= 4 is 21.5 Å². The summed E-state index contributed by atoms with van der Waals surface area (Å²) in [4.78, 5) is 2.51. The van der Waals surface area contributed by atoms with Crippen LogP contribution in [0.3, 0.4) is 0 Å². The van der Waals surface area contributed by atoms with Gasteiger partial charge in [-0.1, -0.05) is 18.2 Å². The summed E-state index contributed by atoms with van der Waals surface area (Å²) in [6.07, 6.45) is 3.64. The molecule has 30 heavy (non-hydrogen) atoms.